The molecule has 1 fully saturated rings. The van der Waals surface area contributed by atoms with Crippen molar-refractivity contribution in [1.82, 2.24) is 10.2 Å². The van der Waals surface area contributed by atoms with Crippen LogP contribution in [-0.4, -0.2) is 36.0 Å². The molecule has 1 aliphatic rings. The Hall–Kier alpha value is -0.580. The highest BCUT2D eigenvalue weighted by Gasteiger charge is 2.31. The number of amides is 1. The van der Waals surface area contributed by atoms with E-state index in [1.54, 1.807) is 0 Å². The molecule has 100 valence electrons. The Kier molecular flexibility index (Phi) is 4.30. The molecule has 0 radical (unpaired) electrons. The van der Waals surface area contributed by atoms with Crippen LogP contribution in [0, 0.1) is 0 Å². The van der Waals surface area contributed by atoms with Crippen LogP contribution in [0.1, 0.15) is 31.6 Å². The average molecular weight is 287 g/mol. The van der Waals surface area contributed by atoms with Crippen LogP contribution in [0.4, 0.5) is 0 Å². The minimum Gasteiger partial charge on any atom is -0.337 e. The molecular weight excluding hydrogens is 268 g/mol. The van der Waals surface area contributed by atoms with E-state index in [9.17, 15) is 4.79 Å². The highest BCUT2D eigenvalue weighted by molar-refractivity contribution is 7.16. The third kappa shape index (κ3) is 2.71. The van der Waals surface area contributed by atoms with Gasteiger partial charge in [0.15, 0.2) is 0 Å². The Morgan fingerprint density at radius 3 is 2.89 bits per heavy atom. The first-order valence-electron chi connectivity index (χ1n) is 6.30. The van der Waals surface area contributed by atoms with Gasteiger partial charge in [-0.2, -0.15) is 0 Å². The summed E-state index contributed by atoms with van der Waals surface area (Å²) in [6.07, 6.45) is 0. The Balaban J connectivity index is 2.10. The number of halogens is 1. The summed E-state index contributed by atoms with van der Waals surface area (Å²) in [4.78, 5) is 15.6. The molecule has 1 aromatic heterocycles. The average Bonchev–Trinajstić information content (AvgIpc) is 2.77. The fraction of sp³-hybridized carbons (Fsp3) is 0.615. The number of piperazine rings is 1. The van der Waals surface area contributed by atoms with Gasteiger partial charge >= 0.3 is 0 Å². The van der Waals surface area contributed by atoms with Crippen molar-refractivity contribution >= 4 is 28.8 Å². The Labute approximate surface area is 117 Å². The summed E-state index contributed by atoms with van der Waals surface area (Å²) in [5, 5.41) is 3.39. The van der Waals surface area contributed by atoms with Crippen molar-refractivity contribution in [2.75, 3.05) is 13.1 Å². The van der Waals surface area contributed by atoms with Gasteiger partial charge in [0.2, 0.25) is 5.91 Å². The van der Waals surface area contributed by atoms with Crippen molar-refractivity contribution < 1.29 is 4.79 Å². The molecule has 1 N–H and O–H groups in total. The van der Waals surface area contributed by atoms with Gasteiger partial charge < -0.3 is 10.2 Å². The van der Waals surface area contributed by atoms with E-state index in [1.165, 1.54) is 11.3 Å². The van der Waals surface area contributed by atoms with Crippen LogP contribution >= 0.6 is 22.9 Å². The molecule has 0 aliphatic carbocycles. The van der Waals surface area contributed by atoms with Crippen LogP contribution in [0.3, 0.4) is 0 Å². The van der Waals surface area contributed by atoms with Gasteiger partial charge in [0.25, 0.3) is 0 Å². The predicted octanol–water partition coefficient (Wildman–Crippen LogP) is 2.71. The van der Waals surface area contributed by atoms with Gasteiger partial charge in [0.1, 0.15) is 0 Å². The summed E-state index contributed by atoms with van der Waals surface area (Å²) in [5.74, 6) is 0.101. The summed E-state index contributed by atoms with van der Waals surface area (Å²) in [7, 11) is 0. The maximum atomic E-state index is 12.5. The van der Waals surface area contributed by atoms with Gasteiger partial charge in [-0.15, -0.1) is 11.3 Å². The van der Waals surface area contributed by atoms with E-state index in [1.807, 2.05) is 24.0 Å². The highest BCUT2D eigenvalue weighted by Crippen LogP contribution is 2.30. The van der Waals surface area contributed by atoms with Crippen molar-refractivity contribution in [2.24, 2.45) is 0 Å². The number of hydrogen-bond donors (Lipinski definition) is 1. The van der Waals surface area contributed by atoms with Crippen LogP contribution < -0.4 is 5.32 Å². The zero-order chi connectivity index (χ0) is 13.3. The fourth-order valence-electron chi connectivity index (χ4n) is 2.30. The van der Waals surface area contributed by atoms with Crippen molar-refractivity contribution in [3.63, 3.8) is 0 Å². The van der Waals surface area contributed by atoms with E-state index in [4.69, 9.17) is 11.6 Å². The molecule has 1 aromatic rings. The second-order valence-corrected chi connectivity index (χ2v) is 6.63. The van der Waals surface area contributed by atoms with Gasteiger partial charge in [0.05, 0.1) is 10.3 Å². The monoisotopic (exact) mass is 286 g/mol. The summed E-state index contributed by atoms with van der Waals surface area (Å²) < 4.78 is 0.742. The van der Waals surface area contributed by atoms with E-state index in [-0.39, 0.29) is 17.9 Å². The summed E-state index contributed by atoms with van der Waals surface area (Å²) in [6, 6.07) is 4.40. The summed E-state index contributed by atoms with van der Waals surface area (Å²) >= 11 is 7.42. The zero-order valence-electron chi connectivity index (χ0n) is 10.9. The van der Waals surface area contributed by atoms with E-state index in [0.29, 0.717) is 6.04 Å². The van der Waals surface area contributed by atoms with Crippen LogP contribution in [-0.2, 0) is 4.79 Å². The van der Waals surface area contributed by atoms with E-state index < -0.39 is 0 Å². The van der Waals surface area contributed by atoms with E-state index >= 15 is 0 Å². The predicted molar refractivity (Wildman–Crippen MR) is 76.4 cm³/mol. The topological polar surface area (TPSA) is 32.3 Å². The molecule has 1 saturated heterocycles. The SMILES string of the molecule is CC(C(=O)N1CCNC(C)C1C)c1ccc(Cl)s1. The van der Waals surface area contributed by atoms with Gasteiger partial charge in [-0.3, -0.25) is 4.79 Å². The number of nitrogens with one attached hydrogen (secondary N) is 1. The van der Waals surface area contributed by atoms with Crippen molar-refractivity contribution in [3.05, 3.63) is 21.3 Å². The van der Waals surface area contributed by atoms with Gasteiger partial charge in [-0.05, 0) is 32.9 Å². The molecule has 2 heterocycles. The first-order chi connectivity index (χ1) is 8.50. The molecule has 18 heavy (non-hydrogen) atoms. The smallest absolute Gasteiger partial charge is 0.231 e. The number of hydrogen-bond acceptors (Lipinski definition) is 3. The minimum absolute atomic E-state index is 0.102. The molecule has 0 saturated carbocycles. The fourth-order valence-corrected chi connectivity index (χ4v) is 3.40. The zero-order valence-corrected chi connectivity index (χ0v) is 12.5. The third-order valence-electron chi connectivity index (χ3n) is 3.71. The van der Waals surface area contributed by atoms with Crippen LogP contribution in [0.25, 0.3) is 0 Å². The Bertz CT molecular complexity index is 434. The second kappa shape index (κ2) is 5.59. The molecule has 5 heteroatoms. The van der Waals surface area contributed by atoms with Crippen LogP contribution in [0.15, 0.2) is 12.1 Å². The van der Waals surface area contributed by atoms with Crippen LogP contribution in [0.5, 0.6) is 0 Å². The molecule has 3 nitrogen and oxygen atoms in total. The van der Waals surface area contributed by atoms with E-state index in [2.05, 4.69) is 19.2 Å². The molecule has 2 rings (SSSR count). The minimum atomic E-state index is -0.102. The second-order valence-electron chi connectivity index (χ2n) is 4.88. The van der Waals surface area contributed by atoms with Crippen LogP contribution in [0.2, 0.25) is 4.34 Å². The van der Waals surface area contributed by atoms with Crippen molar-refractivity contribution in [2.45, 2.75) is 38.8 Å². The number of carbonyl (C=O) groups is 1. The maximum absolute atomic E-state index is 12.5. The molecule has 3 atom stereocenters. The lowest BCUT2D eigenvalue weighted by molar-refractivity contribution is -0.136. The number of thiophene rings is 1. The van der Waals surface area contributed by atoms with Crippen molar-refractivity contribution in [3.8, 4) is 0 Å². The van der Waals surface area contributed by atoms with E-state index in [0.717, 1.165) is 22.3 Å². The lowest BCUT2D eigenvalue weighted by Crippen LogP contribution is -2.57. The first kappa shape index (κ1) is 13.8. The molecule has 0 spiro atoms. The Morgan fingerprint density at radius 2 is 2.28 bits per heavy atom. The first-order valence-corrected chi connectivity index (χ1v) is 7.49. The molecule has 0 bridgehead atoms. The molecule has 1 aliphatic heterocycles. The number of carbonyl (C=O) groups excluding carboxylic acids is 1. The largest absolute Gasteiger partial charge is 0.337 e. The number of nitrogens with zero attached hydrogens (tertiary/aromatic N) is 1. The molecule has 0 aromatic carbocycles. The lowest BCUT2D eigenvalue weighted by atomic mass is 10.0. The summed E-state index contributed by atoms with van der Waals surface area (Å²) in [6.45, 7) is 7.84. The lowest BCUT2D eigenvalue weighted by Gasteiger charge is -2.39. The summed E-state index contributed by atoms with van der Waals surface area (Å²) in [5.41, 5.74) is 0. The molecule has 1 amide bonds. The maximum Gasteiger partial charge on any atom is 0.231 e. The molecule has 3 unspecified atom stereocenters. The van der Waals surface area contributed by atoms with Gasteiger partial charge in [-0.1, -0.05) is 11.6 Å². The standard InChI is InChI=1S/C13H19ClN2OS/c1-8(11-4-5-12(14)18-11)13(17)16-7-6-15-9(2)10(16)3/h4-5,8-10,15H,6-7H2,1-3H3. The number of rotatable bonds is 2. The quantitative estimate of drug-likeness (QED) is 0.907. The normalized spacial score (nSPS) is 26.1. The molecular formula is C13H19ClN2OS. The third-order valence-corrected chi connectivity index (χ3v) is 5.12. The van der Waals surface area contributed by atoms with Crippen molar-refractivity contribution in [1.29, 1.82) is 0 Å². The van der Waals surface area contributed by atoms with Gasteiger partial charge in [0, 0.05) is 30.1 Å². The Morgan fingerprint density at radius 1 is 1.56 bits per heavy atom. The highest BCUT2D eigenvalue weighted by atomic mass is 35.5. The van der Waals surface area contributed by atoms with Gasteiger partial charge in [-0.25, -0.2) is 0 Å².